The van der Waals surface area contributed by atoms with E-state index in [4.69, 9.17) is 0 Å². The van der Waals surface area contributed by atoms with Gasteiger partial charge in [-0.3, -0.25) is 4.79 Å². The van der Waals surface area contributed by atoms with Gasteiger partial charge in [-0.15, -0.1) is 0 Å². The molecule has 1 N–H and O–H groups in total. The van der Waals surface area contributed by atoms with E-state index < -0.39 is 17.7 Å². The zero-order valence-electron chi connectivity index (χ0n) is 11.7. The third kappa shape index (κ3) is 3.46. The summed E-state index contributed by atoms with van der Waals surface area (Å²) in [7, 11) is 0. The Bertz CT molecular complexity index is 471. The summed E-state index contributed by atoms with van der Waals surface area (Å²) in [6.07, 6.45) is 4.30. The molecule has 1 heterocycles. The highest BCUT2D eigenvalue weighted by Gasteiger charge is 2.22. The Morgan fingerprint density at radius 2 is 1.85 bits per heavy atom. The molecule has 0 saturated carbocycles. The van der Waals surface area contributed by atoms with Crippen LogP contribution in [0.4, 0.5) is 14.5 Å². The third-order valence-corrected chi connectivity index (χ3v) is 3.61. The molecule has 1 unspecified atom stereocenters. The predicted octanol–water partition coefficient (Wildman–Crippen LogP) is 3.17. The number of rotatable bonds is 3. The normalized spacial score (nSPS) is 17.4. The molecule has 1 aromatic rings. The number of carbonyl (C=O) groups excluding carboxylic acids is 1. The fourth-order valence-corrected chi connectivity index (χ4v) is 2.48. The first-order valence-corrected chi connectivity index (χ1v) is 7.09. The molecule has 1 aliphatic heterocycles. The van der Waals surface area contributed by atoms with Gasteiger partial charge in [-0.2, -0.15) is 0 Å². The Labute approximate surface area is 118 Å². The Hall–Kier alpha value is -1.65. The lowest BCUT2D eigenvalue weighted by Crippen LogP contribution is -2.42. The smallest absolute Gasteiger partial charge is 0.244 e. The van der Waals surface area contributed by atoms with Crippen LogP contribution in [0.25, 0.3) is 0 Å². The number of likely N-dealkylation sites (tertiary alicyclic amines) is 1. The quantitative estimate of drug-likeness (QED) is 0.923. The average molecular weight is 282 g/mol. The van der Waals surface area contributed by atoms with Crippen molar-refractivity contribution in [3.05, 3.63) is 29.8 Å². The summed E-state index contributed by atoms with van der Waals surface area (Å²) in [5, 5.41) is 2.76. The van der Waals surface area contributed by atoms with Crippen molar-refractivity contribution in [3.8, 4) is 0 Å². The number of carbonyl (C=O) groups is 1. The van der Waals surface area contributed by atoms with Crippen molar-refractivity contribution < 1.29 is 13.6 Å². The molecule has 5 heteroatoms. The molecule has 20 heavy (non-hydrogen) atoms. The van der Waals surface area contributed by atoms with Crippen molar-refractivity contribution in [3.63, 3.8) is 0 Å². The summed E-state index contributed by atoms with van der Waals surface area (Å²) in [5.41, 5.74) is 0.0284. The molecule has 0 radical (unpaired) electrons. The van der Waals surface area contributed by atoms with Crippen molar-refractivity contribution >= 4 is 11.6 Å². The van der Waals surface area contributed by atoms with E-state index in [1.54, 1.807) is 6.92 Å². The first kappa shape index (κ1) is 14.8. The Morgan fingerprint density at radius 3 is 2.50 bits per heavy atom. The van der Waals surface area contributed by atoms with Crippen LogP contribution in [0.3, 0.4) is 0 Å². The van der Waals surface area contributed by atoms with E-state index >= 15 is 0 Å². The average Bonchev–Trinajstić information content (AvgIpc) is 2.72. The number of benzene rings is 1. The van der Waals surface area contributed by atoms with Gasteiger partial charge in [0.15, 0.2) is 11.6 Å². The number of anilines is 1. The molecule has 0 bridgehead atoms. The lowest BCUT2D eigenvalue weighted by molar-refractivity contribution is -0.131. The first-order valence-electron chi connectivity index (χ1n) is 7.09. The van der Waals surface area contributed by atoms with Crippen LogP contribution in [-0.4, -0.2) is 29.9 Å². The lowest BCUT2D eigenvalue weighted by atomic mass is 10.2. The minimum absolute atomic E-state index is 0.0284. The van der Waals surface area contributed by atoms with Gasteiger partial charge in [0.25, 0.3) is 0 Å². The second-order valence-corrected chi connectivity index (χ2v) is 5.21. The van der Waals surface area contributed by atoms with E-state index in [0.29, 0.717) is 0 Å². The van der Waals surface area contributed by atoms with Crippen molar-refractivity contribution in [2.45, 2.75) is 38.6 Å². The Balaban J connectivity index is 2.01. The van der Waals surface area contributed by atoms with Crippen LogP contribution in [0.1, 0.15) is 32.6 Å². The molecule has 1 atom stereocenters. The van der Waals surface area contributed by atoms with Crippen LogP contribution in [0.15, 0.2) is 18.2 Å². The highest BCUT2D eigenvalue weighted by atomic mass is 19.2. The number of nitrogens with zero attached hydrogens (tertiary/aromatic N) is 1. The molecule has 110 valence electrons. The highest BCUT2D eigenvalue weighted by molar-refractivity contribution is 5.84. The fourth-order valence-electron chi connectivity index (χ4n) is 2.48. The minimum atomic E-state index is -0.942. The molecule has 1 fully saturated rings. The molecule has 1 aliphatic rings. The number of amides is 1. The van der Waals surface area contributed by atoms with E-state index in [1.807, 2.05) is 4.90 Å². The van der Waals surface area contributed by atoms with Crippen LogP contribution in [0.5, 0.6) is 0 Å². The molecule has 1 saturated heterocycles. The summed E-state index contributed by atoms with van der Waals surface area (Å²) in [6.45, 7) is 3.17. The van der Waals surface area contributed by atoms with Gasteiger partial charge in [-0.25, -0.2) is 8.78 Å². The Morgan fingerprint density at radius 1 is 1.20 bits per heavy atom. The maximum Gasteiger partial charge on any atom is 0.244 e. The zero-order valence-corrected chi connectivity index (χ0v) is 11.7. The molecular formula is C15H20F2N2O. The molecule has 0 spiro atoms. The second-order valence-electron chi connectivity index (χ2n) is 5.21. The van der Waals surface area contributed by atoms with Gasteiger partial charge in [0, 0.05) is 13.1 Å². The van der Waals surface area contributed by atoms with Gasteiger partial charge in [0.2, 0.25) is 5.91 Å². The van der Waals surface area contributed by atoms with Crippen LogP contribution >= 0.6 is 0 Å². The van der Waals surface area contributed by atoms with Crippen molar-refractivity contribution in [2.75, 3.05) is 18.4 Å². The summed E-state index contributed by atoms with van der Waals surface area (Å²) in [5.74, 6) is -1.91. The molecule has 3 nitrogen and oxygen atoms in total. The van der Waals surface area contributed by atoms with E-state index in [1.165, 1.54) is 12.1 Å². The molecule has 2 rings (SSSR count). The minimum Gasteiger partial charge on any atom is -0.371 e. The van der Waals surface area contributed by atoms with Crippen LogP contribution < -0.4 is 5.32 Å². The van der Waals surface area contributed by atoms with Gasteiger partial charge in [0.05, 0.1) is 5.69 Å². The first-order chi connectivity index (χ1) is 9.59. The largest absolute Gasteiger partial charge is 0.371 e. The monoisotopic (exact) mass is 282 g/mol. The van der Waals surface area contributed by atoms with Crippen LogP contribution in [0, 0.1) is 11.6 Å². The van der Waals surface area contributed by atoms with E-state index in [9.17, 15) is 13.6 Å². The van der Waals surface area contributed by atoms with Gasteiger partial charge < -0.3 is 10.2 Å². The van der Waals surface area contributed by atoms with Crippen molar-refractivity contribution in [1.29, 1.82) is 0 Å². The Kier molecular flexibility index (Phi) is 4.93. The van der Waals surface area contributed by atoms with Gasteiger partial charge in [0.1, 0.15) is 6.04 Å². The van der Waals surface area contributed by atoms with E-state index in [2.05, 4.69) is 5.32 Å². The predicted molar refractivity (Wildman–Crippen MR) is 74.5 cm³/mol. The highest BCUT2D eigenvalue weighted by Crippen LogP contribution is 2.18. The maximum absolute atomic E-state index is 13.6. The summed E-state index contributed by atoms with van der Waals surface area (Å²) >= 11 is 0. The van der Waals surface area contributed by atoms with Crippen molar-refractivity contribution in [2.24, 2.45) is 0 Å². The summed E-state index contributed by atoms with van der Waals surface area (Å²) in [4.78, 5) is 14.1. The summed E-state index contributed by atoms with van der Waals surface area (Å²) < 4.78 is 26.7. The molecule has 1 aromatic carbocycles. The SMILES string of the molecule is CC(Nc1cccc(F)c1F)C(=O)N1CCCCCC1. The van der Waals surface area contributed by atoms with Crippen molar-refractivity contribution in [1.82, 2.24) is 4.90 Å². The lowest BCUT2D eigenvalue weighted by Gasteiger charge is -2.25. The van der Waals surface area contributed by atoms with Gasteiger partial charge >= 0.3 is 0 Å². The number of hydrogen-bond donors (Lipinski definition) is 1. The van der Waals surface area contributed by atoms with Crippen LogP contribution in [-0.2, 0) is 4.79 Å². The summed E-state index contributed by atoms with van der Waals surface area (Å²) in [6, 6.07) is 3.35. The molecule has 0 aromatic heterocycles. The number of nitrogens with one attached hydrogen (secondary N) is 1. The standard InChI is InChI=1S/C15H20F2N2O/c1-11(15(20)19-9-4-2-3-5-10-19)18-13-8-6-7-12(16)14(13)17/h6-8,11,18H,2-5,9-10H2,1H3. The van der Waals surface area contributed by atoms with Crippen LogP contribution in [0.2, 0.25) is 0 Å². The number of halogens is 2. The maximum atomic E-state index is 13.6. The number of hydrogen-bond acceptors (Lipinski definition) is 2. The van der Waals surface area contributed by atoms with E-state index in [0.717, 1.165) is 44.8 Å². The zero-order chi connectivity index (χ0) is 14.5. The second kappa shape index (κ2) is 6.68. The topological polar surface area (TPSA) is 32.3 Å². The molecule has 1 amide bonds. The fraction of sp³-hybridized carbons (Fsp3) is 0.533. The van der Waals surface area contributed by atoms with Gasteiger partial charge in [-0.1, -0.05) is 18.9 Å². The third-order valence-electron chi connectivity index (χ3n) is 3.61. The molecule has 0 aliphatic carbocycles. The van der Waals surface area contributed by atoms with Gasteiger partial charge in [-0.05, 0) is 31.9 Å². The molecular weight excluding hydrogens is 262 g/mol. The van der Waals surface area contributed by atoms with E-state index in [-0.39, 0.29) is 11.6 Å².